The van der Waals surface area contributed by atoms with Crippen LogP contribution in [0.4, 0.5) is 5.13 Å². The molecule has 0 aliphatic carbocycles. The lowest BCUT2D eigenvalue weighted by atomic mass is 10.00. The Morgan fingerprint density at radius 3 is 2.67 bits per heavy atom. The van der Waals surface area contributed by atoms with Crippen molar-refractivity contribution in [2.24, 2.45) is 0 Å². The summed E-state index contributed by atoms with van der Waals surface area (Å²) in [5.41, 5.74) is 2.93. The van der Waals surface area contributed by atoms with Gasteiger partial charge in [0.05, 0.1) is 12.7 Å². The summed E-state index contributed by atoms with van der Waals surface area (Å²) in [6.07, 6.45) is 1.92. The van der Waals surface area contributed by atoms with Crippen molar-refractivity contribution < 1.29 is 9.21 Å². The molecule has 3 rings (SSSR count). The number of hydrogen-bond acceptors (Lipinski definition) is 5. The first-order valence-electron chi connectivity index (χ1n) is 8.07. The molecule has 0 unspecified atom stereocenters. The van der Waals surface area contributed by atoms with Gasteiger partial charge >= 0.3 is 0 Å². The molecule has 6 heteroatoms. The zero-order chi connectivity index (χ0) is 17.3. The number of hydrogen-bond donors (Lipinski definition) is 1. The van der Waals surface area contributed by atoms with Crippen LogP contribution < -0.4 is 5.32 Å². The molecule has 5 nitrogen and oxygen atoms in total. The second kappa shape index (κ2) is 6.73. The van der Waals surface area contributed by atoms with E-state index in [1.54, 1.807) is 6.26 Å². The van der Waals surface area contributed by atoms with Crippen LogP contribution in [0, 0.1) is 0 Å². The highest BCUT2D eigenvalue weighted by molar-refractivity contribution is 7.15. The van der Waals surface area contributed by atoms with Gasteiger partial charge in [-0.2, -0.15) is 0 Å². The topological polar surface area (TPSA) is 68.0 Å². The van der Waals surface area contributed by atoms with Crippen LogP contribution in [0.1, 0.15) is 55.7 Å². The molecule has 0 atom stereocenters. The van der Waals surface area contributed by atoms with Crippen LogP contribution in [-0.2, 0) is 11.2 Å². The van der Waals surface area contributed by atoms with Crippen LogP contribution in [0.2, 0.25) is 0 Å². The largest absolute Gasteiger partial charge is 0.464 e. The Morgan fingerprint density at radius 2 is 2.00 bits per heavy atom. The monoisotopic (exact) mass is 343 g/mol. The number of fused-ring (bicyclic) bond motifs is 1. The van der Waals surface area contributed by atoms with Gasteiger partial charge in [0.2, 0.25) is 11.0 Å². The molecule has 0 radical (unpaired) electrons. The van der Waals surface area contributed by atoms with Crippen LogP contribution in [0.15, 0.2) is 28.9 Å². The molecule has 24 heavy (non-hydrogen) atoms. The number of nitrogens with zero attached hydrogens (tertiary/aromatic N) is 2. The minimum atomic E-state index is -0.112. The highest BCUT2D eigenvalue weighted by atomic mass is 32.1. The fourth-order valence-corrected chi connectivity index (χ4v) is 3.21. The zero-order valence-electron chi connectivity index (χ0n) is 14.3. The molecule has 0 bridgehead atoms. The molecule has 0 saturated carbocycles. The molecule has 1 aromatic carbocycles. The lowest BCUT2D eigenvalue weighted by molar-refractivity contribution is -0.115. The summed E-state index contributed by atoms with van der Waals surface area (Å²) in [6.45, 7) is 8.40. The Hall–Kier alpha value is -2.21. The molecule has 0 aliphatic rings. The highest BCUT2D eigenvalue weighted by Crippen LogP contribution is 2.27. The Balaban J connectivity index is 1.76. The highest BCUT2D eigenvalue weighted by Gasteiger charge is 2.14. The third-order valence-corrected chi connectivity index (χ3v) is 5.02. The summed E-state index contributed by atoms with van der Waals surface area (Å²) < 4.78 is 5.57. The summed E-state index contributed by atoms with van der Waals surface area (Å²) in [7, 11) is 0. The SMILES string of the molecule is CC(C)c1ccc2occ(CC(=O)Nc3nnc(C(C)C)s3)c2c1. The van der Waals surface area contributed by atoms with Gasteiger partial charge in [-0.15, -0.1) is 10.2 Å². The molecule has 126 valence electrons. The van der Waals surface area contributed by atoms with Crippen LogP contribution >= 0.6 is 11.3 Å². The number of aromatic nitrogens is 2. The van der Waals surface area contributed by atoms with Gasteiger partial charge in [-0.25, -0.2) is 0 Å². The first-order chi connectivity index (χ1) is 11.4. The molecule has 0 fully saturated rings. The Kier molecular flexibility index (Phi) is 4.66. The third kappa shape index (κ3) is 3.48. The van der Waals surface area contributed by atoms with E-state index in [9.17, 15) is 4.79 Å². The maximum atomic E-state index is 12.3. The fraction of sp³-hybridized carbons (Fsp3) is 0.389. The normalized spacial score (nSPS) is 11.6. The van der Waals surface area contributed by atoms with Crippen molar-refractivity contribution in [3.05, 3.63) is 40.6 Å². The quantitative estimate of drug-likeness (QED) is 0.728. The lowest BCUT2D eigenvalue weighted by Crippen LogP contribution is -2.14. The fourth-order valence-electron chi connectivity index (χ4n) is 2.45. The van der Waals surface area contributed by atoms with E-state index in [4.69, 9.17) is 4.42 Å². The maximum absolute atomic E-state index is 12.3. The second-order valence-corrected chi connectivity index (χ2v) is 7.51. The molecule has 0 spiro atoms. The number of carbonyl (C=O) groups excluding carboxylic acids is 1. The third-order valence-electron chi connectivity index (χ3n) is 3.88. The first-order valence-corrected chi connectivity index (χ1v) is 8.89. The molecule has 1 N–H and O–H groups in total. The molecule has 1 amide bonds. The van der Waals surface area contributed by atoms with Crippen molar-refractivity contribution >= 4 is 33.3 Å². The van der Waals surface area contributed by atoms with Crippen LogP contribution in [-0.4, -0.2) is 16.1 Å². The molecule has 3 aromatic rings. The van der Waals surface area contributed by atoms with Crippen molar-refractivity contribution in [1.82, 2.24) is 10.2 Å². The van der Waals surface area contributed by atoms with Gasteiger partial charge in [0, 0.05) is 16.9 Å². The van der Waals surface area contributed by atoms with E-state index in [-0.39, 0.29) is 12.3 Å². The number of nitrogens with one attached hydrogen (secondary N) is 1. The van der Waals surface area contributed by atoms with E-state index in [2.05, 4.69) is 55.3 Å². The van der Waals surface area contributed by atoms with E-state index in [1.165, 1.54) is 16.9 Å². The number of amides is 1. The van der Waals surface area contributed by atoms with E-state index in [0.29, 0.717) is 17.0 Å². The Morgan fingerprint density at radius 1 is 1.21 bits per heavy atom. The molecular weight excluding hydrogens is 322 g/mol. The predicted molar refractivity (Wildman–Crippen MR) is 96.6 cm³/mol. The van der Waals surface area contributed by atoms with Crippen LogP contribution in [0.25, 0.3) is 11.0 Å². The summed E-state index contributed by atoms with van der Waals surface area (Å²) in [4.78, 5) is 12.3. The average Bonchev–Trinajstić information content (AvgIpc) is 3.14. The van der Waals surface area contributed by atoms with Crippen molar-refractivity contribution in [1.29, 1.82) is 0 Å². The standard InChI is InChI=1S/C18H21N3O2S/c1-10(2)12-5-6-15-14(7-12)13(9-23-15)8-16(22)19-18-21-20-17(24-18)11(3)4/h5-7,9-11H,8H2,1-4H3,(H,19,21,22). The van der Waals surface area contributed by atoms with Crippen LogP contribution in [0.3, 0.4) is 0 Å². The van der Waals surface area contributed by atoms with Crippen molar-refractivity contribution in [2.45, 2.75) is 46.0 Å². The predicted octanol–water partition coefficient (Wildman–Crippen LogP) is 4.71. The van der Waals surface area contributed by atoms with Crippen molar-refractivity contribution in [3.8, 4) is 0 Å². The summed E-state index contributed by atoms with van der Waals surface area (Å²) in [5.74, 6) is 0.626. The average molecular weight is 343 g/mol. The number of carbonyl (C=O) groups is 1. The maximum Gasteiger partial charge on any atom is 0.230 e. The summed E-state index contributed by atoms with van der Waals surface area (Å²) >= 11 is 1.41. The Bertz CT molecular complexity index is 864. The Labute approximate surface area is 145 Å². The minimum absolute atomic E-state index is 0.112. The second-order valence-electron chi connectivity index (χ2n) is 6.50. The molecule has 2 aromatic heterocycles. The van der Waals surface area contributed by atoms with Gasteiger partial charge in [-0.1, -0.05) is 45.1 Å². The summed E-state index contributed by atoms with van der Waals surface area (Å²) in [6, 6.07) is 6.13. The van der Waals surface area contributed by atoms with E-state index in [1.807, 2.05) is 6.07 Å². The van der Waals surface area contributed by atoms with Gasteiger partial charge in [-0.05, 0) is 23.6 Å². The van der Waals surface area contributed by atoms with Crippen LogP contribution in [0.5, 0.6) is 0 Å². The number of benzene rings is 1. The number of rotatable bonds is 5. The number of anilines is 1. The van der Waals surface area contributed by atoms with E-state index in [0.717, 1.165) is 21.5 Å². The van der Waals surface area contributed by atoms with Gasteiger partial charge in [0.25, 0.3) is 0 Å². The molecule has 0 saturated heterocycles. The van der Waals surface area contributed by atoms with Gasteiger partial charge in [0.15, 0.2) is 0 Å². The zero-order valence-corrected chi connectivity index (χ0v) is 15.1. The van der Waals surface area contributed by atoms with Gasteiger partial charge in [-0.3, -0.25) is 4.79 Å². The van der Waals surface area contributed by atoms with E-state index >= 15 is 0 Å². The van der Waals surface area contributed by atoms with Gasteiger partial charge in [0.1, 0.15) is 10.6 Å². The number of furan rings is 1. The molecule has 2 heterocycles. The van der Waals surface area contributed by atoms with E-state index < -0.39 is 0 Å². The summed E-state index contributed by atoms with van der Waals surface area (Å²) in [5, 5.41) is 13.4. The minimum Gasteiger partial charge on any atom is -0.464 e. The van der Waals surface area contributed by atoms with Crippen molar-refractivity contribution in [2.75, 3.05) is 5.32 Å². The first kappa shape index (κ1) is 16.6. The van der Waals surface area contributed by atoms with Gasteiger partial charge < -0.3 is 9.73 Å². The smallest absolute Gasteiger partial charge is 0.230 e. The molecular formula is C18H21N3O2S. The molecule has 0 aliphatic heterocycles. The lowest BCUT2D eigenvalue weighted by Gasteiger charge is -2.05. The van der Waals surface area contributed by atoms with Crippen molar-refractivity contribution in [3.63, 3.8) is 0 Å².